The number of aliphatic hydroxyl groups is 1. The molecule has 0 spiro atoms. The van der Waals surface area contributed by atoms with Gasteiger partial charge in [0.2, 0.25) is 5.91 Å². The zero-order valence-corrected chi connectivity index (χ0v) is 22.0. The number of piperazine rings is 1. The van der Waals surface area contributed by atoms with E-state index in [-0.39, 0.29) is 17.7 Å². The van der Waals surface area contributed by atoms with E-state index in [4.69, 9.17) is 27.9 Å². The third-order valence-corrected chi connectivity index (χ3v) is 8.38. The van der Waals surface area contributed by atoms with Gasteiger partial charge < -0.3 is 25.0 Å². The van der Waals surface area contributed by atoms with Crippen molar-refractivity contribution in [1.82, 2.24) is 20.2 Å². The van der Waals surface area contributed by atoms with E-state index in [9.17, 15) is 9.90 Å². The first-order valence-electron chi connectivity index (χ1n) is 12.7. The molecule has 2 aliphatic heterocycles. The Kier molecular flexibility index (Phi) is 7.98. The normalized spacial score (nSPS) is 23.6. The van der Waals surface area contributed by atoms with Crippen LogP contribution in [0.3, 0.4) is 0 Å². The molecule has 0 radical (unpaired) electrons. The maximum absolute atomic E-state index is 13.8. The molecule has 3 heterocycles. The van der Waals surface area contributed by atoms with Crippen LogP contribution in [0.15, 0.2) is 24.5 Å². The van der Waals surface area contributed by atoms with Gasteiger partial charge in [-0.05, 0) is 42.9 Å². The van der Waals surface area contributed by atoms with Crippen molar-refractivity contribution in [3.05, 3.63) is 51.4 Å². The van der Waals surface area contributed by atoms with Crippen LogP contribution in [0.2, 0.25) is 10.0 Å². The molecule has 1 unspecified atom stereocenters. The monoisotopic (exact) mass is 533 g/mol. The van der Waals surface area contributed by atoms with Gasteiger partial charge in [-0.1, -0.05) is 36.2 Å². The number of rotatable bonds is 6. The molecule has 0 bridgehead atoms. The molecule has 36 heavy (non-hydrogen) atoms. The number of benzene rings is 1. The number of nitrogens with one attached hydrogen (secondary N) is 1. The topological polar surface area (TPSA) is 90.8 Å². The molecule has 2 fully saturated rings. The SMILES string of the molecule is C[C@@H]1C[C@@H](O)c2ncnc(N3CCN(C(=O)C(CNC4CCOCC4)c4ccc(Cl)c(Cl)c4)CC3)c21. The second-order valence-electron chi connectivity index (χ2n) is 9.98. The summed E-state index contributed by atoms with van der Waals surface area (Å²) in [5, 5.41) is 14.9. The number of nitrogens with zero attached hydrogens (tertiary/aromatic N) is 4. The van der Waals surface area contributed by atoms with Gasteiger partial charge in [0, 0.05) is 57.5 Å². The number of anilines is 1. The lowest BCUT2D eigenvalue weighted by atomic mass is 9.96. The molecule has 3 aliphatic rings. The van der Waals surface area contributed by atoms with E-state index in [1.54, 1.807) is 6.07 Å². The van der Waals surface area contributed by atoms with Crippen LogP contribution in [0.1, 0.15) is 60.9 Å². The van der Waals surface area contributed by atoms with Crippen LogP contribution in [-0.4, -0.2) is 77.9 Å². The summed E-state index contributed by atoms with van der Waals surface area (Å²) in [7, 11) is 0. The van der Waals surface area contributed by atoms with Gasteiger partial charge in [-0.25, -0.2) is 9.97 Å². The highest BCUT2D eigenvalue weighted by atomic mass is 35.5. The Balaban J connectivity index is 1.29. The average molecular weight is 534 g/mol. The van der Waals surface area contributed by atoms with E-state index in [2.05, 4.69) is 27.1 Å². The number of halogens is 2. The van der Waals surface area contributed by atoms with E-state index in [0.717, 1.165) is 48.7 Å². The molecule has 3 atom stereocenters. The molecule has 2 aromatic rings. The molecule has 5 rings (SSSR count). The first kappa shape index (κ1) is 25.7. The van der Waals surface area contributed by atoms with Gasteiger partial charge >= 0.3 is 0 Å². The number of hydrogen-bond donors (Lipinski definition) is 2. The molecule has 1 aromatic carbocycles. The quantitative estimate of drug-likeness (QED) is 0.586. The van der Waals surface area contributed by atoms with Gasteiger partial charge in [0.25, 0.3) is 0 Å². The molecule has 1 amide bonds. The van der Waals surface area contributed by atoms with Crippen molar-refractivity contribution in [3.8, 4) is 0 Å². The maximum Gasteiger partial charge on any atom is 0.231 e. The summed E-state index contributed by atoms with van der Waals surface area (Å²) in [5.74, 6) is 0.830. The van der Waals surface area contributed by atoms with Gasteiger partial charge in [-0.15, -0.1) is 0 Å². The Morgan fingerprint density at radius 2 is 1.92 bits per heavy atom. The third kappa shape index (κ3) is 5.34. The second kappa shape index (κ2) is 11.2. The van der Waals surface area contributed by atoms with Gasteiger partial charge in [0.15, 0.2) is 0 Å². The predicted molar refractivity (Wildman–Crippen MR) is 140 cm³/mol. The number of carbonyl (C=O) groups excluding carboxylic acids is 1. The van der Waals surface area contributed by atoms with Crippen LogP contribution in [0.4, 0.5) is 5.82 Å². The molecule has 1 aromatic heterocycles. The number of amides is 1. The number of carbonyl (C=O) groups is 1. The number of aliphatic hydroxyl groups excluding tert-OH is 1. The fourth-order valence-corrected chi connectivity index (χ4v) is 5.88. The van der Waals surface area contributed by atoms with Crippen molar-refractivity contribution < 1.29 is 14.6 Å². The Morgan fingerprint density at radius 1 is 1.17 bits per heavy atom. The van der Waals surface area contributed by atoms with Gasteiger partial charge in [0.05, 0.1) is 27.8 Å². The van der Waals surface area contributed by atoms with E-state index in [0.29, 0.717) is 55.2 Å². The van der Waals surface area contributed by atoms with Crippen molar-refractivity contribution >= 4 is 34.9 Å². The van der Waals surface area contributed by atoms with Crippen molar-refractivity contribution in [3.63, 3.8) is 0 Å². The first-order chi connectivity index (χ1) is 17.4. The summed E-state index contributed by atoms with van der Waals surface area (Å²) in [5.41, 5.74) is 2.65. The number of hydrogen-bond acceptors (Lipinski definition) is 7. The van der Waals surface area contributed by atoms with Crippen molar-refractivity contribution in [2.75, 3.05) is 50.8 Å². The molecule has 1 aliphatic carbocycles. The summed E-state index contributed by atoms with van der Waals surface area (Å²) in [6.45, 7) is 6.69. The molecular weight excluding hydrogens is 501 g/mol. The van der Waals surface area contributed by atoms with E-state index in [1.165, 1.54) is 6.33 Å². The highest BCUT2D eigenvalue weighted by Gasteiger charge is 2.35. The van der Waals surface area contributed by atoms with Crippen molar-refractivity contribution in [2.45, 2.75) is 50.2 Å². The van der Waals surface area contributed by atoms with Crippen LogP contribution in [-0.2, 0) is 9.53 Å². The smallest absolute Gasteiger partial charge is 0.231 e. The van der Waals surface area contributed by atoms with Crippen LogP contribution >= 0.6 is 23.2 Å². The van der Waals surface area contributed by atoms with Crippen LogP contribution in [0.5, 0.6) is 0 Å². The van der Waals surface area contributed by atoms with Crippen LogP contribution < -0.4 is 10.2 Å². The van der Waals surface area contributed by atoms with E-state index >= 15 is 0 Å². The average Bonchev–Trinajstić information content (AvgIpc) is 3.20. The molecule has 8 nitrogen and oxygen atoms in total. The Morgan fingerprint density at radius 3 is 2.64 bits per heavy atom. The summed E-state index contributed by atoms with van der Waals surface area (Å²) in [4.78, 5) is 26.9. The molecule has 0 saturated carbocycles. The fourth-order valence-electron chi connectivity index (χ4n) is 5.58. The summed E-state index contributed by atoms with van der Waals surface area (Å²) < 4.78 is 5.47. The lowest BCUT2D eigenvalue weighted by Gasteiger charge is -2.38. The molecule has 10 heteroatoms. The Bertz CT molecular complexity index is 1090. The van der Waals surface area contributed by atoms with Crippen LogP contribution in [0, 0.1) is 0 Å². The number of aromatic nitrogens is 2. The minimum absolute atomic E-state index is 0.0873. The second-order valence-corrected chi connectivity index (χ2v) is 10.8. The zero-order chi connectivity index (χ0) is 25.2. The number of fused-ring (bicyclic) bond motifs is 1. The van der Waals surface area contributed by atoms with E-state index < -0.39 is 6.10 Å². The van der Waals surface area contributed by atoms with Crippen LogP contribution in [0.25, 0.3) is 0 Å². The van der Waals surface area contributed by atoms with Gasteiger partial charge in [0.1, 0.15) is 12.1 Å². The summed E-state index contributed by atoms with van der Waals surface area (Å²) >= 11 is 12.5. The molecular formula is C26H33Cl2N5O3. The Labute approximate surface area is 221 Å². The minimum Gasteiger partial charge on any atom is -0.387 e. The third-order valence-electron chi connectivity index (χ3n) is 7.65. The van der Waals surface area contributed by atoms with Crippen molar-refractivity contribution in [2.24, 2.45) is 0 Å². The zero-order valence-electron chi connectivity index (χ0n) is 20.5. The minimum atomic E-state index is -0.533. The maximum atomic E-state index is 13.8. The summed E-state index contributed by atoms with van der Waals surface area (Å²) in [6.07, 6.45) is 3.56. The molecule has 2 saturated heterocycles. The highest BCUT2D eigenvalue weighted by molar-refractivity contribution is 6.42. The van der Waals surface area contributed by atoms with Crippen molar-refractivity contribution in [1.29, 1.82) is 0 Å². The van der Waals surface area contributed by atoms with E-state index in [1.807, 2.05) is 17.0 Å². The van der Waals surface area contributed by atoms with Gasteiger partial charge in [-0.3, -0.25) is 4.79 Å². The predicted octanol–water partition coefficient (Wildman–Crippen LogP) is 3.53. The standard InChI is InChI=1S/C26H33Cl2N5O3/c1-16-12-22(34)24-23(16)25(31-15-30-24)32-6-8-33(9-7-32)26(35)19(14-29-18-4-10-36-11-5-18)17-2-3-20(27)21(28)13-17/h2-3,13,15-16,18-19,22,29,34H,4-12,14H2,1H3/t16-,19?,22-/m1/s1. The first-order valence-corrected chi connectivity index (χ1v) is 13.5. The lowest BCUT2D eigenvalue weighted by molar-refractivity contribution is -0.133. The fraction of sp³-hybridized carbons (Fsp3) is 0.577. The number of ether oxygens (including phenoxy) is 1. The lowest BCUT2D eigenvalue weighted by Crippen LogP contribution is -2.52. The largest absolute Gasteiger partial charge is 0.387 e. The Hall–Kier alpha value is -1.97. The molecule has 2 N–H and O–H groups in total. The highest BCUT2D eigenvalue weighted by Crippen LogP contribution is 2.42. The molecule has 194 valence electrons. The van der Waals surface area contributed by atoms with Gasteiger partial charge in [-0.2, -0.15) is 0 Å². The summed E-state index contributed by atoms with van der Waals surface area (Å²) in [6, 6.07) is 5.81.